The van der Waals surface area contributed by atoms with Gasteiger partial charge in [0.05, 0.1) is 42.5 Å². The summed E-state index contributed by atoms with van der Waals surface area (Å²) in [7, 11) is 0. The Kier molecular flexibility index (Phi) is 3.46. The second kappa shape index (κ2) is 5.64. The molecule has 1 amide bonds. The minimum atomic E-state index is -0.192. The quantitative estimate of drug-likeness (QED) is 0.708. The highest BCUT2D eigenvalue weighted by Crippen LogP contribution is 2.22. The van der Waals surface area contributed by atoms with Gasteiger partial charge in [-0.1, -0.05) is 12.1 Å². The number of fused-ring (bicyclic) bond motifs is 2. The Hall–Kier alpha value is -2.87. The van der Waals surface area contributed by atoms with E-state index in [4.69, 9.17) is 5.11 Å². The van der Waals surface area contributed by atoms with Crippen molar-refractivity contribution in [2.75, 3.05) is 6.61 Å². The summed E-state index contributed by atoms with van der Waals surface area (Å²) >= 11 is 0. The zero-order chi connectivity index (χ0) is 16.7. The highest BCUT2D eigenvalue weighted by molar-refractivity contribution is 5.80. The van der Waals surface area contributed by atoms with Gasteiger partial charge in [-0.2, -0.15) is 5.10 Å². The molecule has 0 radical (unpaired) electrons. The Balaban J connectivity index is 1.53. The zero-order valence-corrected chi connectivity index (χ0v) is 13.0. The molecule has 8 heteroatoms. The molecule has 24 heavy (non-hydrogen) atoms. The second-order valence-electron chi connectivity index (χ2n) is 5.86. The third kappa shape index (κ3) is 2.31. The van der Waals surface area contributed by atoms with Crippen LogP contribution in [0.3, 0.4) is 0 Å². The number of rotatable bonds is 4. The second-order valence-corrected chi connectivity index (χ2v) is 5.86. The molecule has 2 aromatic heterocycles. The van der Waals surface area contributed by atoms with Gasteiger partial charge in [-0.05, 0) is 12.1 Å². The summed E-state index contributed by atoms with van der Waals surface area (Å²) in [4.78, 5) is 26.5. The van der Waals surface area contributed by atoms with E-state index in [-0.39, 0.29) is 24.6 Å². The molecule has 1 aromatic carbocycles. The summed E-state index contributed by atoms with van der Waals surface area (Å²) in [5.41, 5.74) is 2.46. The first-order chi connectivity index (χ1) is 11.7. The lowest BCUT2D eigenvalue weighted by Gasteiger charge is -2.16. The van der Waals surface area contributed by atoms with E-state index in [1.54, 1.807) is 27.9 Å². The van der Waals surface area contributed by atoms with Crippen molar-refractivity contribution < 1.29 is 9.90 Å². The van der Waals surface area contributed by atoms with Gasteiger partial charge in [0.25, 0.3) is 5.56 Å². The van der Waals surface area contributed by atoms with Crippen LogP contribution in [0.1, 0.15) is 11.3 Å². The van der Waals surface area contributed by atoms with Crippen LogP contribution in [0, 0.1) is 0 Å². The van der Waals surface area contributed by atoms with E-state index in [0.29, 0.717) is 25.0 Å². The molecule has 0 aliphatic carbocycles. The normalized spacial score (nSPS) is 13.6. The minimum absolute atomic E-state index is 0.00647. The smallest absolute Gasteiger partial charge is 0.274 e. The van der Waals surface area contributed by atoms with Crippen LogP contribution < -0.4 is 5.56 Å². The Bertz CT molecular complexity index is 968. The third-order valence-electron chi connectivity index (χ3n) is 4.35. The molecule has 0 atom stereocenters. The van der Waals surface area contributed by atoms with Crippen LogP contribution in [-0.2, 0) is 31.0 Å². The minimum Gasteiger partial charge on any atom is -0.394 e. The van der Waals surface area contributed by atoms with E-state index >= 15 is 0 Å². The Morgan fingerprint density at radius 2 is 2.12 bits per heavy atom. The van der Waals surface area contributed by atoms with Gasteiger partial charge in [-0.15, -0.1) is 0 Å². The molecule has 0 saturated carbocycles. The van der Waals surface area contributed by atoms with E-state index in [1.807, 2.05) is 12.1 Å². The van der Waals surface area contributed by atoms with E-state index in [0.717, 1.165) is 16.8 Å². The van der Waals surface area contributed by atoms with Gasteiger partial charge in [0.1, 0.15) is 6.54 Å². The number of carbonyl (C=O) groups excluding carboxylic acids is 1. The first kappa shape index (κ1) is 14.7. The lowest BCUT2D eigenvalue weighted by molar-refractivity contribution is -0.132. The average Bonchev–Trinajstić information content (AvgIpc) is 3.24. The van der Waals surface area contributed by atoms with E-state index in [1.165, 1.54) is 4.68 Å². The molecule has 124 valence electrons. The van der Waals surface area contributed by atoms with Gasteiger partial charge in [0.15, 0.2) is 0 Å². The highest BCUT2D eigenvalue weighted by atomic mass is 16.3. The monoisotopic (exact) mass is 327 g/mol. The van der Waals surface area contributed by atoms with Gasteiger partial charge in [-0.25, -0.2) is 4.68 Å². The van der Waals surface area contributed by atoms with Crippen LogP contribution in [0.5, 0.6) is 0 Å². The number of amides is 1. The van der Waals surface area contributed by atoms with Crippen LogP contribution in [0.25, 0.3) is 10.9 Å². The van der Waals surface area contributed by atoms with Crippen molar-refractivity contribution in [1.29, 1.82) is 0 Å². The van der Waals surface area contributed by atoms with Crippen LogP contribution in [0.15, 0.2) is 35.3 Å². The van der Waals surface area contributed by atoms with Crippen molar-refractivity contribution in [3.63, 3.8) is 0 Å². The number of para-hydroxylation sites is 1. The molecule has 3 heterocycles. The molecular formula is C16H17N5O3. The van der Waals surface area contributed by atoms with Crippen molar-refractivity contribution in [2.45, 2.75) is 26.2 Å². The van der Waals surface area contributed by atoms with E-state index < -0.39 is 0 Å². The van der Waals surface area contributed by atoms with Gasteiger partial charge >= 0.3 is 0 Å². The van der Waals surface area contributed by atoms with Crippen LogP contribution in [0.2, 0.25) is 0 Å². The fraction of sp³-hybridized carbons (Fsp3) is 0.312. The largest absolute Gasteiger partial charge is 0.394 e. The van der Waals surface area contributed by atoms with Crippen molar-refractivity contribution in [1.82, 2.24) is 24.5 Å². The number of aromatic amines is 1. The molecule has 0 spiro atoms. The number of H-pyrrole nitrogens is 1. The molecule has 4 rings (SSSR count). The molecular weight excluding hydrogens is 310 g/mol. The first-order valence-corrected chi connectivity index (χ1v) is 7.77. The predicted molar refractivity (Wildman–Crippen MR) is 86.1 cm³/mol. The van der Waals surface area contributed by atoms with Gasteiger partial charge < -0.3 is 10.0 Å². The fourth-order valence-corrected chi connectivity index (χ4v) is 3.13. The maximum Gasteiger partial charge on any atom is 0.274 e. The Labute approximate surface area is 136 Å². The summed E-state index contributed by atoms with van der Waals surface area (Å²) in [5.74, 6) is -0.129. The lowest BCUT2D eigenvalue weighted by atomic mass is 10.3. The van der Waals surface area contributed by atoms with Gasteiger partial charge in [0.2, 0.25) is 5.91 Å². The summed E-state index contributed by atoms with van der Waals surface area (Å²) in [6, 6.07) is 7.19. The summed E-state index contributed by atoms with van der Waals surface area (Å²) in [5, 5.41) is 16.8. The number of hydrogen-bond donors (Lipinski definition) is 2. The summed E-state index contributed by atoms with van der Waals surface area (Å²) < 4.78 is 3.06. The van der Waals surface area contributed by atoms with Gasteiger partial charge in [0, 0.05) is 12.1 Å². The van der Waals surface area contributed by atoms with Gasteiger partial charge in [-0.3, -0.25) is 19.4 Å². The van der Waals surface area contributed by atoms with Crippen LogP contribution in [-0.4, -0.2) is 42.1 Å². The number of aliphatic hydroxyl groups is 1. The molecule has 0 fully saturated rings. The number of nitrogens with zero attached hydrogens (tertiary/aromatic N) is 4. The van der Waals surface area contributed by atoms with E-state index in [2.05, 4.69) is 10.2 Å². The molecule has 0 unspecified atom stereocenters. The highest BCUT2D eigenvalue weighted by Gasteiger charge is 2.27. The van der Waals surface area contributed by atoms with Crippen LogP contribution in [0.4, 0.5) is 0 Å². The molecule has 2 N–H and O–H groups in total. The van der Waals surface area contributed by atoms with Crippen molar-refractivity contribution in [2.24, 2.45) is 0 Å². The molecule has 0 bridgehead atoms. The number of hydrogen-bond acceptors (Lipinski definition) is 4. The summed E-state index contributed by atoms with van der Waals surface area (Å²) in [6.45, 7) is 1.33. The average molecular weight is 327 g/mol. The number of benzene rings is 1. The van der Waals surface area contributed by atoms with Crippen molar-refractivity contribution >= 4 is 16.8 Å². The summed E-state index contributed by atoms with van der Waals surface area (Å²) in [6.07, 6.45) is 1.73. The zero-order valence-electron chi connectivity index (χ0n) is 13.0. The van der Waals surface area contributed by atoms with Crippen molar-refractivity contribution in [3.8, 4) is 0 Å². The Morgan fingerprint density at radius 1 is 1.29 bits per heavy atom. The Morgan fingerprint density at radius 3 is 2.92 bits per heavy atom. The van der Waals surface area contributed by atoms with E-state index in [9.17, 15) is 9.59 Å². The number of aromatic nitrogens is 4. The van der Waals surface area contributed by atoms with Crippen molar-refractivity contribution in [3.05, 3.63) is 52.1 Å². The SMILES string of the molecule is O=C(Cn1[nH]c2ccccc2c1=O)N1Cc2cnn(CCO)c2C1. The molecule has 8 nitrogen and oxygen atoms in total. The predicted octanol–water partition coefficient (Wildman–Crippen LogP) is 0.0608. The molecule has 1 aliphatic rings. The number of carbonyl (C=O) groups is 1. The number of nitrogens with one attached hydrogen (secondary N) is 1. The molecule has 0 saturated heterocycles. The fourth-order valence-electron chi connectivity index (χ4n) is 3.13. The topological polar surface area (TPSA) is 96.2 Å². The standard InChI is InChI=1S/C16H17N5O3/c22-6-5-20-14-9-19(8-11(14)7-17-20)15(23)10-21-16(24)12-3-1-2-4-13(12)18-21/h1-4,7,18,22H,5-6,8-10H2. The lowest BCUT2D eigenvalue weighted by Crippen LogP contribution is -2.33. The first-order valence-electron chi connectivity index (χ1n) is 7.77. The molecule has 3 aromatic rings. The third-order valence-corrected chi connectivity index (χ3v) is 4.35. The molecule has 1 aliphatic heterocycles. The van der Waals surface area contributed by atoms with Crippen LogP contribution >= 0.6 is 0 Å². The number of aliphatic hydroxyl groups excluding tert-OH is 1. The maximum absolute atomic E-state index is 12.5. The maximum atomic E-state index is 12.5.